The Morgan fingerprint density at radius 3 is 2.62 bits per heavy atom. The van der Waals surface area contributed by atoms with Crippen LogP contribution in [0.4, 0.5) is 8.78 Å². The summed E-state index contributed by atoms with van der Waals surface area (Å²) in [6, 6.07) is 4.45. The van der Waals surface area contributed by atoms with E-state index in [1.807, 2.05) is 0 Å². The molecule has 0 saturated heterocycles. The minimum absolute atomic E-state index is 0.113. The number of hydrogen-bond acceptors (Lipinski definition) is 3. The van der Waals surface area contributed by atoms with Crippen molar-refractivity contribution in [2.75, 3.05) is 7.11 Å². The van der Waals surface area contributed by atoms with Gasteiger partial charge in [0.2, 0.25) is 0 Å². The maximum absolute atomic E-state index is 12.2. The average Bonchev–Trinajstić information content (AvgIpc) is 2.27. The molecule has 0 amide bonds. The quantitative estimate of drug-likeness (QED) is 0.729. The summed E-state index contributed by atoms with van der Waals surface area (Å²) in [6.45, 7) is -1.34. The Hall–Kier alpha value is -1.65. The molecule has 0 aliphatic carbocycles. The van der Waals surface area contributed by atoms with Gasteiger partial charge in [0.1, 0.15) is 0 Å². The molecule has 1 aromatic carbocycles. The van der Waals surface area contributed by atoms with E-state index in [0.29, 0.717) is 0 Å². The van der Waals surface area contributed by atoms with E-state index in [2.05, 4.69) is 4.74 Å². The van der Waals surface area contributed by atoms with Gasteiger partial charge in [0.15, 0.2) is 17.3 Å². The predicted octanol–water partition coefficient (Wildman–Crippen LogP) is 2.89. The first kappa shape index (κ1) is 12.4. The molecule has 0 atom stereocenters. The van der Waals surface area contributed by atoms with Crippen molar-refractivity contribution in [3.63, 3.8) is 0 Å². The normalized spacial score (nSPS) is 10.3. The summed E-state index contributed by atoms with van der Waals surface area (Å²) in [5.74, 6) is -0.346. The van der Waals surface area contributed by atoms with E-state index in [4.69, 9.17) is 4.74 Å². The van der Waals surface area contributed by atoms with Crippen molar-refractivity contribution in [1.29, 1.82) is 0 Å². The number of carbonyl (C=O) groups excluding carboxylic acids is 1. The molecule has 0 unspecified atom stereocenters. The largest absolute Gasteiger partial charge is 0.493 e. The van der Waals surface area contributed by atoms with Crippen molar-refractivity contribution in [2.45, 2.75) is 20.0 Å². The van der Waals surface area contributed by atoms with Crippen LogP contribution in [0.15, 0.2) is 18.2 Å². The standard InChI is InChI=1S/C11H12F2O3/c1-3-8(14)7-5-4-6-9(15-2)10(7)16-11(12)13/h4-6,11H,3H2,1-2H3. The zero-order valence-electron chi connectivity index (χ0n) is 9.00. The van der Waals surface area contributed by atoms with Crippen molar-refractivity contribution >= 4 is 5.78 Å². The van der Waals surface area contributed by atoms with E-state index in [1.165, 1.54) is 19.2 Å². The number of hydrogen-bond donors (Lipinski definition) is 0. The third kappa shape index (κ3) is 2.68. The Balaban J connectivity index is 3.20. The van der Waals surface area contributed by atoms with Crippen molar-refractivity contribution < 1.29 is 23.0 Å². The number of halogens is 2. The van der Waals surface area contributed by atoms with Crippen LogP contribution in [0.1, 0.15) is 23.7 Å². The SMILES string of the molecule is CCC(=O)c1cccc(OC)c1OC(F)F. The van der Waals surface area contributed by atoms with Crippen LogP contribution >= 0.6 is 0 Å². The fraction of sp³-hybridized carbons (Fsp3) is 0.364. The van der Waals surface area contributed by atoms with Gasteiger partial charge in [-0.1, -0.05) is 13.0 Å². The molecule has 0 heterocycles. The van der Waals surface area contributed by atoms with E-state index in [-0.39, 0.29) is 29.3 Å². The highest BCUT2D eigenvalue weighted by atomic mass is 19.3. The summed E-state index contributed by atoms with van der Waals surface area (Å²) >= 11 is 0. The molecule has 1 rings (SSSR count). The minimum atomic E-state index is -2.99. The maximum Gasteiger partial charge on any atom is 0.387 e. The molecule has 0 N–H and O–H groups in total. The molecule has 3 nitrogen and oxygen atoms in total. The summed E-state index contributed by atoms with van der Waals surface area (Å²) in [4.78, 5) is 11.5. The van der Waals surface area contributed by atoms with E-state index in [1.54, 1.807) is 13.0 Å². The van der Waals surface area contributed by atoms with Crippen LogP contribution in [-0.2, 0) is 0 Å². The van der Waals surface area contributed by atoms with Gasteiger partial charge in [0.25, 0.3) is 0 Å². The van der Waals surface area contributed by atoms with Crippen LogP contribution in [0, 0.1) is 0 Å². The van der Waals surface area contributed by atoms with Crippen LogP contribution in [0.3, 0.4) is 0 Å². The fourth-order valence-corrected chi connectivity index (χ4v) is 1.30. The molecule has 5 heteroatoms. The molecule has 16 heavy (non-hydrogen) atoms. The van der Waals surface area contributed by atoms with Gasteiger partial charge in [0.05, 0.1) is 12.7 Å². The molecule has 0 aliphatic rings. The molecular formula is C11H12F2O3. The fourth-order valence-electron chi connectivity index (χ4n) is 1.30. The molecule has 1 aromatic rings. The molecule has 0 aliphatic heterocycles. The molecule has 0 radical (unpaired) electrons. The highest BCUT2D eigenvalue weighted by molar-refractivity contribution is 5.99. The first-order valence-corrected chi connectivity index (χ1v) is 4.75. The number of carbonyl (C=O) groups is 1. The lowest BCUT2D eigenvalue weighted by Crippen LogP contribution is -2.09. The second-order valence-corrected chi connectivity index (χ2v) is 2.99. The number of methoxy groups -OCH3 is 1. The molecule has 88 valence electrons. The lowest BCUT2D eigenvalue weighted by Gasteiger charge is -2.13. The van der Waals surface area contributed by atoms with Gasteiger partial charge in [-0.3, -0.25) is 4.79 Å². The van der Waals surface area contributed by atoms with Crippen LogP contribution in [0.2, 0.25) is 0 Å². The van der Waals surface area contributed by atoms with Gasteiger partial charge in [-0.15, -0.1) is 0 Å². The lowest BCUT2D eigenvalue weighted by atomic mass is 10.1. The minimum Gasteiger partial charge on any atom is -0.493 e. The Labute approximate surface area is 92.0 Å². The molecule has 0 spiro atoms. The Bertz CT molecular complexity index is 377. The number of Topliss-reactive ketones (excluding diaryl/α,β-unsaturated/α-hetero) is 1. The van der Waals surface area contributed by atoms with Crippen LogP contribution in [0.5, 0.6) is 11.5 Å². The van der Waals surface area contributed by atoms with Crippen molar-refractivity contribution in [3.8, 4) is 11.5 Å². The van der Waals surface area contributed by atoms with Crippen LogP contribution < -0.4 is 9.47 Å². The van der Waals surface area contributed by atoms with Crippen molar-refractivity contribution in [2.24, 2.45) is 0 Å². The molecule has 0 fully saturated rings. The average molecular weight is 230 g/mol. The second kappa shape index (κ2) is 5.44. The lowest BCUT2D eigenvalue weighted by molar-refractivity contribution is -0.0515. The van der Waals surface area contributed by atoms with Gasteiger partial charge < -0.3 is 9.47 Å². The number of alkyl halides is 2. The monoisotopic (exact) mass is 230 g/mol. The van der Waals surface area contributed by atoms with Gasteiger partial charge in [-0.2, -0.15) is 8.78 Å². The van der Waals surface area contributed by atoms with E-state index in [9.17, 15) is 13.6 Å². The molecule has 0 aromatic heterocycles. The number of rotatable bonds is 5. The van der Waals surface area contributed by atoms with E-state index < -0.39 is 6.61 Å². The highest BCUT2D eigenvalue weighted by Crippen LogP contribution is 2.33. The zero-order chi connectivity index (χ0) is 12.1. The second-order valence-electron chi connectivity index (χ2n) is 2.99. The van der Waals surface area contributed by atoms with E-state index in [0.717, 1.165) is 0 Å². The zero-order valence-corrected chi connectivity index (χ0v) is 9.00. The summed E-state index contributed by atoms with van der Waals surface area (Å²) in [5.41, 5.74) is 0.113. The maximum atomic E-state index is 12.2. The van der Waals surface area contributed by atoms with E-state index >= 15 is 0 Å². The van der Waals surface area contributed by atoms with Gasteiger partial charge in [-0.05, 0) is 12.1 Å². The molecular weight excluding hydrogens is 218 g/mol. The smallest absolute Gasteiger partial charge is 0.387 e. The first-order valence-electron chi connectivity index (χ1n) is 4.75. The Morgan fingerprint density at radius 2 is 2.12 bits per heavy atom. The van der Waals surface area contributed by atoms with Crippen molar-refractivity contribution in [3.05, 3.63) is 23.8 Å². The van der Waals surface area contributed by atoms with Gasteiger partial charge in [0, 0.05) is 6.42 Å². The van der Waals surface area contributed by atoms with Gasteiger partial charge in [-0.25, -0.2) is 0 Å². The number of para-hydroxylation sites is 1. The number of ether oxygens (including phenoxy) is 2. The van der Waals surface area contributed by atoms with Gasteiger partial charge >= 0.3 is 6.61 Å². The third-order valence-electron chi connectivity index (χ3n) is 2.03. The van der Waals surface area contributed by atoms with Crippen LogP contribution in [0.25, 0.3) is 0 Å². The third-order valence-corrected chi connectivity index (χ3v) is 2.03. The van der Waals surface area contributed by atoms with Crippen LogP contribution in [-0.4, -0.2) is 19.5 Å². The highest BCUT2D eigenvalue weighted by Gasteiger charge is 2.18. The first-order chi connectivity index (χ1) is 7.60. The topological polar surface area (TPSA) is 35.5 Å². The summed E-state index contributed by atoms with van der Waals surface area (Å²) < 4.78 is 33.6. The molecule has 0 bridgehead atoms. The predicted molar refractivity (Wildman–Crippen MR) is 54.2 cm³/mol. The molecule has 0 saturated carbocycles. The summed E-state index contributed by atoms with van der Waals surface area (Å²) in [5, 5.41) is 0. The summed E-state index contributed by atoms with van der Waals surface area (Å²) in [7, 11) is 1.33. The van der Waals surface area contributed by atoms with Crippen molar-refractivity contribution in [1.82, 2.24) is 0 Å². The Kier molecular flexibility index (Phi) is 4.22. The summed E-state index contributed by atoms with van der Waals surface area (Å²) in [6.07, 6.45) is 0.215. The Morgan fingerprint density at radius 1 is 1.44 bits per heavy atom. The number of ketones is 1. The number of benzene rings is 1.